The monoisotopic (exact) mass is 268 g/mol. The van der Waals surface area contributed by atoms with Crippen LogP contribution in [0, 0.1) is 13.8 Å². The first kappa shape index (κ1) is 12.5. The highest BCUT2D eigenvalue weighted by molar-refractivity contribution is 7.17. The van der Waals surface area contributed by atoms with Gasteiger partial charge in [-0.25, -0.2) is 9.78 Å². The van der Waals surface area contributed by atoms with Crippen molar-refractivity contribution in [2.45, 2.75) is 20.4 Å². The second-order valence-electron chi connectivity index (χ2n) is 3.51. The van der Waals surface area contributed by atoms with E-state index in [1.165, 1.54) is 18.4 Å². The molecule has 0 amide bonds. The van der Waals surface area contributed by atoms with Crippen LogP contribution in [0.2, 0.25) is 0 Å². The molecule has 0 unspecified atom stereocenters. The Bertz CT molecular complexity index is 563. The van der Waals surface area contributed by atoms with Crippen molar-refractivity contribution in [3.05, 3.63) is 22.3 Å². The van der Waals surface area contributed by atoms with Crippen LogP contribution in [-0.2, 0) is 11.3 Å². The molecule has 0 aliphatic carbocycles. The fourth-order valence-corrected chi connectivity index (χ4v) is 2.20. The summed E-state index contributed by atoms with van der Waals surface area (Å²) in [6.45, 7) is 3.87. The number of methoxy groups -OCH3 is 1. The highest BCUT2D eigenvalue weighted by Gasteiger charge is 2.15. The molecule has 0 bridgehead atoms. The third kappa shape index (κ3) is 2.65. The molecule has 8 heteroatoms. The van der Waals surface area contributed by atoms with E-state index in [0.717, 1.165) is 0 Å². The third-order valence-electron chi connectivity index (χ3n) is 2.13. The van der Waals surface area contributed by atoms with E-state index in [1.54, 1.807) is 13.8 Å². The smallest absolute Gasteiger partial charge is 0.350 e. The summed E-state index contributed by atoms with van der Waals surface area (Å²) in [4.78, 5) is 20.2. The maximum atomic E-state index is 11.4. The molecular formula is C10H12N4O3S. The number of rotatable bonds is 4. The zero-order chi connectivity index (χ0) is 13.1. The second-order valence-corrected chi connectivity index (χ2v) is 4.51. The average Bonchev–Trinajstić information content (AvgIpc) is 2.92. The molecule has 0 spiro atoms. The Morgan fingerprint density at radius 1 is 1.44 bits per heavy atom. The minimum Gasteiger partial charge on any atom is -0.465 e. The van der Waals surface area contributed by atoms with E-state index in [9.17, 15) is 4.79 Å². The zero-order valence-corrected chi connectivity index (χ0v) is 11.0. The van der Waals surface area contributed by atoms with Crippen molar-refractivity contribution in [1.82, 2.24) is 15.1 Å². The van der Waals surface area contributed by atoms with E-state index < -0.39 is 0 Å². The normalized spacial score (nSPS) is 10.4. The predicted octanol–water partition coefficient (Wildman–Crippen LogP) is 1.54. The number of anilines is 1. The zero-order valence-electron chi connectivity index (χ0n) is 10.2. The van der Waals surface area contributed by atoms with Gasteiger partial charge in [-0.1, -0.05) is 16.5 Å². The number of hydrogen-bond donors (Lipinski definition) is 1. The van der Waals surface area contributed by atoms with E-state index in [2.05, 4.69) is 25.2 Å². The van der Waals surface area contributed by atoms with Gasteiger partial charge < -0.3 is 14.6 Å². The summed E-state index contributed by atoms with van der Waals surface area (Å²) < 4.78 is 9.51. The molecule has 0 saturated carbocycles. The number of aryl methyl sites for hydroxylation is 2. The van der Waals surface area contributed by atoms with Gasteiger partial charge in [0.2, 0.25) is 5.89 Å². The molecule has 0 aliphatic rings. The number of ether oxygens (including phenoxy) is 1. The molecule has 7 nitrogen and oxygen atoms in total. The molecule has 0 fully saturated rings. The van der Waals surface area contributed by atoms with Crippen molar-refractivity contribution in [2.24, 2.45) is 0 Å². The van der Waals surface area contributed by atoms with Crippen molar-refractivity contribution in [3.8, 4) is 0 Å². The molecule has 18 heavy (non-hydrogen) atoms. The minimum atomic E-state index is -0.381. The Labute approximate surface area is 107 Å². The largest absolute Gasteiger partial charge is 0.465 e. The van der Waals surface area contributed by atoms with Crippen LogP contribution in [0.3, 0.4) is 0 Å². The molecule has 2 heterocycles. The van der Waals surface area contributed by atoms with Crippen LogP contribution in [-0.4, -0.2) is 28.2 Å². The standard InChI is InChI=1S/C10H12N4O3S/c1-5-8(9(15)16-3)18-10(12-5)11-4-7-13-6(2)17-14-7/h4H2,1-3H3,(H,11,12). The first-order chi connectivity index (χ1) is 8.60. The van der Waals surface area contributed by atoms with Crippen LogP contribution in [0.4, 0.5) is 5.13 Å². The van der Waals surface area contributed by atoms with Gasteiger partial charge in [0.15, 0.2) is 11.0 Å². The Kier molecular flexibility index (Phi) is 3.56. The Balaban J connectivity index is 2.04. The minimum absolute atomic E-state index is 0.381. The quantitative estimate of drug-likeness (QED) is 0.841. The number of carbonyl (C=O) groups excluding carboxylic acids is 1. The summed E-state index contributed by atoms with van der Waals surface area (Å²) >= 11 is 1.24. The first-order valence-electron chi connectivity index (χ1n) is 5.19. The van der Waals surface area contributed by atoms with Gasteiger partial charge in [0.1, 0.15) is 4.88 Å². The van der Waals surface area contributed by atoms with Crippen molar-refractivity contribution in [1.29, 1.82) is 0 Å². The predicted molar refractivity (Wildman–Crippen MR) is 64.6 cm³/mol. The van der Waals surface area contributed by atoms with Crippen LogP contribution in [0.1, 0.15) is 27.1 Å². The van der Waals surface area contributed by atoms with Gasteiger partial charge in [0.05, 0.1) is 19.3 Å². The third-order valence-corrected chi connectivity index (χ3v) is 3.23. The van der Waals surface area contributed by atoms with Crippen molar-refractivity contribution >= 4 is 22.4 Å². The van der Waals surface area contributed by atoms with Crippen LogP contribution < -0.4 is 5.32 Å². The van der Waals surface area contributed by atoms with Gasteiger partial charge in [-0.3, -0.25) is 0 Å². The Morgan fingerprint density at radius 3 is 2.83 bits per heavy atom. The molecule has 96 valence electrons. The maximum absolute atomic E-state index is 11.4. The summed E-state index contributed by atoms with van der Waals surface area (Å²) in [5.41, 5.74) is 0.638. The van der Waals surface area contributed by atoms with Crippen LogP contribution >= 0.6 is 11.3 Å². The van der Waals surface area contributed by atoms with Gasteiger partial charge >= 0.3 is 5.97 Å². The van der Waals surface area contributed by atoms with Gasteiger partial charge in [-0.05, 0) is 6.92 Å². The van der Waals surface area contributed by atoms with Gasteiger partial charge in [-0.2, -0.15) is 4.98 Å². The fraction of sp³-hybridized carbons (Fsp3) is 0.400. The molecule has 2 aromatic heterocycles. The fourth-order valence-electron chi connectivity index (χ4n) is 1.32. The van der Waals surface area contributed by atoms with E-state index in [0.29, 0.717) is 34.0 Å². The highest BCUT2D eigenvalue weighted by Crippen LogP contribution is 2.23. The number of nitrogens with one attached hydrogen (secondary N) is 1. The Hall–Kier alpha value is -1.96. The summed E-state index contributed by atoms with van der Waals surface area (Å²) in [6.07, 6.45) is 0. The van der Waals surface area contributed by atoms with Gasteiger partial charge in [0, 0.05) is 6.92 Å². The molecular weight excluding hydrogens is 256 g/mol. The van der Waals surface area contributed by atoms with Crippen molar-refractivity contribution in [2.75, 3.05) is 12.4 Å². The maximum Gasteiger partial charge on any atom is 0.350 e. The Morgan fingerprint density at radius 2 is 2.22 bits per heavy atom. The lowest BCUT2D eigenvalue weighted by atomic mass is 10.4. The number of carbonyl (C=O) groups is 1. The van der Waals surface area contributed by atoms with Crippen molar-refractivity contribution in [3.63, 3.8) is 0 Å². The van der Waals surface area contributed by atoms with Crippen LogP contribution in [0.5, 0.6) is 0 Å². The lowest BCUT2D eigenvalue weighted by molar-refractivity contribution is 0.0605. The van der Waals surface area contributed by atoms with E-state index in [-0.39, 0.29) is 5.97 Å². The molecule has 0 atom stereocenters. The average molecular weight is 268 g/mol. The summed E-state index contributed by atoms with van der Waals surface area (Å²) in [5.74, 6) is 0.672. The lowest BCUT2D eigenvalue weighted by Gasteiger charge is -1.96. The van der Waals surface area contributed by atoms with E-state index in [1.807, 2.05) is 0 Å². The molecule has 2 aromatic rings. The summed E-state index contributed by atoms with van der Waals surface area (Å²) in [6, 6.07) is 0. The molecule has 0 aliphatic heterocycles. The number of esters is 1. The molecule has 0 radical (unpaired) electrons. The van der Waals surface area contributed by atoms with E-state index >= 15 is 0 Å². The van der Waals surface area contributed by atoms with Crippen LogP contribution in [0.25, 0.3) is 0 Å². The van der Waals surface area contributed by atoms with Gasteiger partial charge in [-0.15, -0.1) is 0 Å². The highest BCUT2D eigenvalue weighted by atomic mass is 32.1. The van der Waals surface area contributed by atoms with Crippen LogP contribution in [0.15, 0.2) is 4.52 Å². The van der Waals surface area contributed by atoms with E-state index in [4.69, 9.17) is 4.52 Å². The summed E-state index contributed by atoms with van der Waals surface area (Å²) in [7, 11) is 1.34. The lowest BCUT2D eigenvalue weighted by Crippen LogP contribution is -2.00. The second kappa shape index (κ2) is 5.13. The number of thiazole rings is 1. The molecule has 2 rings (SSSR count). The first-order valence-corrected chi connectivity index (χ1v) is 6.00. The van der Waals surface area contributed by atoms with Crippen molar-refractivity contribution < 1.29 is 14.1 Å². The number of nitrogens with zero attached hydrogens (tertiary/aromatic N) is 3. The molecule has 1 N–H and O–H groups in total. The summed E-state index contributed by atoms with van der Waals surface area (Å²) in [5, 5.41) is 7.40. The van der Waals surface area contributed by atoms with Gasteiger partial charge in [0.25, 0.3) is 0 Å². The molecule has 0 saturated heterocycles. The topological polar surface area (TPSA) is 90.1 Å². The SMILES string of the molecule is COC(=O)c1sc(NCc2noc(C)n2)nc1C. The molecule has 0 aromatic carbocycles. The number of hydrogen-bond acceptors (Lipinski definition) is 8. The number of aromatic nitrogens is 3.